The van der Waals surface area contributed by atoms with Crippen molar-refractivity contribution in [3.05, 3.63) is 11.4 Å². The van der Waals surface area contributed by atoms with E-state index in [2.05, 4.69) is 38.6 Å². The minimum atomic E-state index is 0.725. The molecule has 0 amide bonds. The number of rotatable bonds is 3. The summed E-state index contributed by atoms with van der Waals surface area (Å²) < 4.78 is 0. The van der Waals surface area contributed by atoms with Gasteiger partial charge in [0, 0.05) is 20.1 Å². The van der Waals surface area contributed by atoms with Crippen molar-refractivity contribution in [3.63, 3.8) is 0 Å². The molecule has 1 fully saturated rings. The van der Waals surface area contributed by atoms with Gasteiger partial charge < -0.3 is 10.2 Å². The summed E-state index contributed by atoms with van der Waals surface area (Å²) in [5.41, 5.74) is 0. The lowest BCUT2D eigenvalue weighted by Gasteiger charge is -2.32. The third-order valence-electron chi connectivity index (χ3n) is 4.02. The Morgan fingerprint density at radius 3 is 2.84 bits per heavy atom. The molecule has 1 aliphatic heterocycles. The van der Waals surface area contributed by atoms with E-state index in [9.17, 15) is 0 Å². The van der Waals surface area contributed by atoms with Crippen molar-refractivity contribution in [2.45, 2.75) is 26.2 Å². The molecule has 1 N–H and O–H groups in total. The molecular weight excluding hydrogens is 256 g/mol. The molecule has 0 unspecified atom stereocenters. The molecular formula is C14H20N4S. The Kier molecular flexibility index (Phi) is 3.55. The van der Waals surface area contributed by atoms with E-state index in [4.69, 9.17) is 0 Å². The monoisotopic (exact) mass is 276 g/mol. The topological polar surface area (TPSA) is 41.1 Å². The molecule has 0 bridgehead atoms. The first kappa shape index (κ1) is 12.7. The average molecular weight is 276 g/mol. The fourth-order valence-electron chi connectivity index (χ4n) is 2.75. The maximum Gasteiger partial charge on any atom is 0.225 e. The summed E-state index contributed by atoms with van der Waals surface area (Å²) in [6, 6.07) is 2.14. The van der Waals surface area contributed by atoms with Crippen molar-refractivity contribution < 1.29 is 0 Å². The highest BCUT2D eigenvalue weighted by atomic mass is 32.1. The predicted molar refractivity (Wildman–Crippen MR) is 82.2 cm³/mol. The third kappa shape index (κ3) is 2.39. The average Bonchev–Trinajstić information content (AvgIpc) is 2.94. The van der Waals surface area contributed by atoms with Crippen molar-refractivity contribution in [3.8, 4) is 0 Å². The number of nitrogens with zero attached hydrogens (tertiary/aromatic N) is 3. The zero-order valence-electron chi connectivity index (χ0n) is 11.5. The highest BCUT2D eigenvalue weighted by Gasteiger charge is 2.21. The van der Waals surface area contributed by atoms with E-state index in [-0.39, 0.29) is 0 Å². The van der Waals surface area contributed by atoms with Crippen LogP contribution >= 0.6 is 11.3 Å². The predicted octanol–water partition coefficient (Wildman–Crippen LogP) is 3.36. The molecule has 102 valence electrons. The van der Waals surface area contributed by atoms with Gasteiger partial charge >= 0.3 is 0 Å². The lowest BCUT2D eigenvalue weighted by Crippen LogP contribution is -2.34. The number of fused-ring (bicyclic) bond motifs is 1. The summed E-state index contributed by atoms with van der Waals surface area (Å²) in [4.78, 5) is 12.7. The van der Waals surface area contributed by atoms with Crippen LogP contribution in [-0.2, 0) is 0 Å². The largest absolute Gasteiger partial charge is 0.357 e. The van der Waals surface area contributed by atoms with Crippen LogP contribution in [0.2, 0.25) is 0 Å². The molecule has 3 heterocycles. The molecule has 1 saturated heterocycles. The molecule has 2 aromatic rings. The SMILES string of the molecule is CCC1CCN(c2nc(NC)nc3sccc23)CC1. The molecule has 19 heavy (non-hydrogen) atoms. The number of hydrogen-bond donors (Lipinski definition) is 1. The van der Waals surface area contributed by atoms with Gasteiger partial charge in [0.05, 0.1) is 5.39 Å². The van der Waals surface area contributed by atoms with E-state index in [0.29, 0.717) is 0 Å². The van der Waals surface area contributed by atoms with Gasteiger partial charge in [0.1, 0.15) is 10.6 Å². The smallest absolute Gasteiger partial charge is 0.225 e. The van der Waals surface area contributed by atoms with Crippen molar-refractivity contribution in [2.24, 2.45) is 5.92 Å². The molecule has 5 heteroatoms. The second-order valence-electron chi connectivity index (χ2n) is 5.10. The third-order valence-corrected chi connectivity index (χ3v) is 4.83. The minimum Gasteiger partial charge on any atom is -0.357 e. The van der Waals surface area contributed by atoms with Crippen LogP contribution in [0.15, 0.2) is 11.4 Å². The van der Waals surface area contributed by atoms with Gasteiger partial charge in [0.2, 0.25) is 5.95 Å². The minimum absolute atomic E-state index is 0.725. The molecule has 0 aromatic carbocycles. The van der Waals surface area contributed by atoms with E-state index < -0.39 is 0 Å². The summed E-state index contributed by atoms with van der Waals surface area (Å²) in [6.07, 6.45) is 3.86. The van der Waals surface area contributed by atoms with Gasteiger partial charge in [-0.15, -0.1) is 11.3 Å². The Morgan fingerprint density at radius 1 is 1.37 bits per heavy atom. The fraction of sp³-hybridized carbons (Fsp3) is 0.571. The van der Waals surface area contributed by atoms with Gasteiger partial charge in [0.25, 0.3) is 0 Å². The van der Waals surface area contributed by atoms with Gasteiger partial charge in [-0.3, -0.25) is 0 Å². The number of anilines is 2. The molecule has 0 saturated carbocycles. The first-order valence-electron chi connectivity index (χ1n) is 6.99. The first-order chi connectivity index (χ1) is 9.31. The molecule has 4 nitrogen and oxygen atoms in total. The Bertz CT molecular complexity index is 558. The van der Waals surface area contributed by atoms with Crippen LogP contribution in [0, 0.1) is 5.92 Å². The number of thiophene rings is 1. The highest BCUT2D eigenvalue weighted by molar-refractivity contribution is 7.16. The highest BCUT2D eigenvalue weighted by Crippen LogP contribution is 2.32. The summed E-state index contributed by atoms with van der Waals surface area (Å²) in [6.45, 7) is 4.52. The van der Waals surface area contributed by atoms with E-state index in [1.165, 1.54) is 24.6 Å². The van der Waals surface area contributed by atoms with Crippen LogP contribution in [0.5, 0.6) is 0 Å². The van der Waals surface area contributed by atoms with Crippen molar-refractivity contribution in [2.75, 3.05) is 30.4 Å². The number of piperidine rings is 1. The van der Waals surface area contributed by atoms with Gasteiger partial charge in [0.15, 0.2) is 0 Å². The molecule has 0 aliphatic carbocycles. The molecule has 0 spiro atoms. The molecule has 2 aromatic heterocycles. The second kappa shape index (κ2) is 5.33. The van der Waals surface area contributed by atoms with Gasteiger partial charge in [-0.2, -0.15) is 4.98 Å². The zero-order valence-corrected chi connectivity index (χ0v) is 12.3. The Morgan fingerprint density at radius 2 is 2.16 bits per heavy atom. The van der Waals surface area contributed by atoms with Gasteiger partial charge in [-0.05, 0) is 30.2 Å². The number of nitrogens with one attached hydrogen (secondary N) is 1. The lowest BCUT2D eigenvalue weighted by molar-refractivity contribution is 0.394. The summed E-state index contributed by atoms with van der Waals surface area (Å²) in [5.74, 6) is 2.72. The van der Waals surface area contributed by atoms with Gasteiger partial charge in [-0.1, -0.05) is 13.3 Å². The van der Waals surface area contributed by atoms with Crippen molar-refractivity contribution >= 4 is 33.3 Å². The van der Waals surface area contributed by atoms with E-state index >= 15 is 0 Å². The van der Waals surface area contributed by atoms with Gasteiger partial charge in [-0.25, -0.2) is 4.98 Å². The molecule has 3 rings (SSSR count). The summed E-state index contributed by atoms with van der Waals surface area (Å²) >= 11 is 1.68. The van der Waals surface area contributed by atoms with Crippen LogP contribution in [0.4, 0.5) is 11.8 Å². The molecule has 1 aliphatic rings. The van der Waals surface area contributed by atoms with E-state index in [1.807, 2.05) is 7.05 Å². The van der Waals surface area contributed by atoms with Crippen LogP contribution < -0.4 is 10.2 Å². The van der Waals surface area contributed by atoms with Crippen molar-refractivity contribution in [1.82, 2.24) is 9.97 Å². The maximum atomic E-state index is 4.68. The number of aromatic nitrogens is 2. The van der Waals surface area contributed by atoms with E-state index in [0.717, 1.165) is 35.6 Å². The standard InChI is InChI=1S/C14H20N4S/c1-3-10-4-7-18(8-5-10)12-11-6-9-19-13(11)17-14(15-2)16-12/h6,9-10H,3-5,7-8H2,1-2H3,(H,15,16,17). The lowest BCUT2D eigenvalue weighted by atomic mass is 9.94. The zero-order chi connectivity index (χ0) is 13.2. The van der Waals surface area contributed by atoms with Crippen LogP contribution in [0.25, 0.3) is 10.2 Å². The van der Waals surface area contributed by atoms with Crippen LogP contribution in [-0.4, -0.2) is 30.1 Å². The molecule has 0 atom stereocenters. The maximum absolute atomic E-state index is 4.68. The summed E-state index contributed by atoms with van der Waals surface area (Å²) in [7, 11) is 1.88. The number of hydrogen-bond acceptors (Lipinski definition) is 5. The van der Waals surface area contributed by atoms with Crippen molar-refractivity contribution in [1.29, 1.82) is 0 Å². The molecule has 0 radical (unpaired) electrons. The van der Waals surface area contributed by atoms with Crippen LogP contribution in [0.1, 0.15) is 26.2 Å². The Hall–Kier alpha value is -1.36. The normalized spacial score (nSPS) is 17.1. The quantitative estimate of drug-likeness (QED) is 0.933. The fourth-order valence-corrected chi connectivity index (χ4v) is 3.50. The summed E-state index contributed by atoms with van der Waals surface area (Å²) in [5, 5.41) is 6.36. The Labute approximate surface area is 117 Å². The Balaban J connectivity index is 1.93. The van der Waals surface area contributed by atoms with E-state index in [1.54, 1.807) is 11.3 Å². The van der Waals surface area contributed by atoms with Crippen LogP contribution in [0.3, 0.4) is 0 Å². The second-order valence-corrected chi connectivity index (χ2v) is 5.99. The first-order valence-corrected chi connectivity index (χ1v) is 7.87.